The first-order valence-electron chi connectivity index (χ1n) is 4.87. The maximum Gasteiger partial charge on any atom is 0.306 e. The fraction of sp³-hybridized carbons (Fsp3) is 0.800. The molecule has 1 aliphatic carbocycles. The number of ketones is 1. The van der Waals surface area contributed by atoms with E-state index in [0.717, 1.165) is 12.8 Å². The number of carbonyl (C=O) groups excluding carboxylic acids is 2. The van der Waals surface area contributed by atoms with Gasteiger partial charge in [0.25, 0.3) is 0 Å². The van der Waals surface area contributed by atoms with E-state index in [1.54, 1.807) is 0 Å². The van der Waals surface area contributed by atoms with Crippen molar-refractivity contribution in [2.75, 3.05) is 0 Å². The third-order valence-electron chi connectivity index (χ3n) is 3.13. The highest BCUT2D eigenvalue weighted by molar-refractivity contribution is 5.92. The normalized spacial score (nSPS) is 39.6. The molecule has 2 rings (SSSR count). The molecule has 1 unspecified atom stereocenters. The molecule has 72 valence electrons. The molecule has 0 N–H and O–H groups in total. The molecule has 0 aromatic rings. The monoisotopic (exact) mass is 182 g/mol. The van der Waals surface area contributed by atoms with Gasteiger partial charge in [0, 0.05) is 19.3 Å². The zero-order chi connectivity index (χ0) is 9.47. The van der Waals surface area contributed by atoms with Gasteiger partial charge in [-0.3, -0.25) is 9.59 Å². The lowest BCUT2D eigenvalue weighted by Gasteiger charge is -2.32. The molecule has 1 saturated heterocycles. The van der Waals surface area contributed by atoms with Crippen molar-refractivity contribution in [3.05, 3.63) is 0 Å². The Balaban J connectivity index is 2.15. The quantitative estimate of drug-likeness (QED) is 0.532. The van der Waals surface area contributed by atoms with E-state index < -0.39 is 5.60 Å². The van der Waals surface area contributed by atoms with Gasteiger partial charge >= 0.3 is 5.97 Å². The summed E-state index contributed by atoms with van der Waals surface area (Å²) >= 11 is 0. The van der Waals surface area contributed by atoms with Crippen LogP contribution < -0.4 is 0 Å². The molecule has 0 radical (unpaired) electrons. The Kier molecular flexibility index (Phi) is 1.90. The highest BCUT2D eigenvalue weighted by Gasteiger charge is 2.48. The van der Waals surface area contributed by atoms with Gasteiger partial charge < -0.3 is 4.74 Å². The molecule has 3 nitrogen and oxygen atoms in total. The third-order valence-corrected chi connectivity index (χ3v) is 3.13. The van der Waals surface area contributed by atoms with Crippen LogP contribution in [0.3, 0.4) is 0 Å². The smallest absolute Gasteiger partial charge is 0.306 e. The van der Waals surface area contributed by atoms with Crippen molar-refractivity contribution in [1.82, 2.24) is 0 Å². The molecule has 0 amide bonds. The Bertz CT molecular complexity index is 259. The molecule has 0 aromatic heterocycles. The van der Waals surface area contributed by atoms with Crippen LogP contribution in [0.1, 0.15) is 39.0 Å². The summed E-state index contributed by atoms with van der Waals surface area (Å²) in [6.45, 7) is 2.07. The molecule has 0 bridgehead atoms. The van der Waals surface area contributed by atoms with Crippen LogP contribution in [0.2, 0.25) is 0 Å². The Morgan fingerprint density at radius 2 is 2.15 bits per heavy atom. The molecule has 2 atom stereocenters. The van der Waals surface area contributed by atoms with Crippen LogP contribution in [0, 0.1) is 5.92 Å². The third kappa shape index (κ3) is 1.36. The van der Waals surface area contributed by atoms with Gasteiger partial charge in [-0.2, -0.15) is 0 Å². The first-order chi connectivity index (χ1) is 6.12. The van der Waals surface area contributed by atoms with E-state index in [1.165, 1.54) is 0 Å². The number of hydrogen-bond acceptors (Lipinski definition) is 3. The number of rotatable bonds is 0. The molecule has 0 aromatic carbocycles. The second-order valence-corrected chi connectivity index (χ2v) is 4.24. The van der Waals surface area contributed by atoms with E-state index in [2.05, 4.69) is 6.92 Å². The van der Waals surface area contributed by atoms with Crippen molar-refractivity contribution in [3.8, 4) is 0 Å². The Hall–Kier alpha value is -0.860. The molecule has 13 heavy (non-hydrogen) atoms. The van der Waals surface area contributed by atoms with E-state index in [1.807, 2.05) is 0 Å². The summed E-state index contributed by atoms with van der Waals surface area (Å²) in [6, 6.07) is 0. The average Bonchev–Trinajstić information content (AvgIpc) is 2.43. The second-order valence-electron chi connectivity index (χ2n) is 4.24. The lowest BCUT2D eigenvalue weighted by Crippen LogP contribution is -2.42. The Morgan fingerprint density at radius 1 is 1.38 bits per heavy atom. The molecular formula is C10H14O3. The molecule has 2 fully saturated rings. The number of hydrogen-bond donors (Lipinski definition) is 0. The minimum Gasteiger partial charge on any atom is -0.451 e. The minimum absolute atomic E-state index is 0.136. The first kappa shape index (κ1) is 8.73. The van der Waals surface area contributed by atoms with Crippen LogP contribution in [0.25, 0.3) is 0 Å². The van der Waals surface area contributed by atoms with Gasteiger partial charge in [0.15, 0.2) is 11.4 Å². The van der Waals surface area contributed by atoms with Gasteiger partial charge in [-0.1, -0.05) is 6.92 Å². The van der Waals surface area contributed by atoms with Crippen molar-refractivity contribution in [2.45, 2.75) is 44.6 Å². The number of Topliss-reactive ketones (excluding diaryl/α,β-unsaturated/α-hetero) is 1. The number of ether oxygens (including phenoxy) is 1. The maximum atomic E-state index is 11.7. The van der Waals surface area contributed by atoms with Crippen LogP contribution in [0.15, 0.2) is 0 Å². The SMILES string of the molecule is CC1CC[C@@]2(CCC(=O)O2)C(=O)C1. The Morgan fingerprint density at radius 3 is 2.69 bits per heavy atom. The maximum absolute atomic E-state index is 11.7. The van der Waals surface area contributed by atoms with Crippen LogP contribution >= 0.6 is 0 Å². The summed E-state index contributed by atoms with van der Waals surface area (Å²) in [5, 5.41) is 0. The van der Waals surface area contributed by atoms with E-state index in [-0.39, 0.29) is 11.8 Å². The van der Waals surface area contributed by atoms with Crippen molar-refractivity contribution in [1.29, 1.82) is 0 Å². The topological polar surface area (TPSA) is 43.4 Å². The van der Waals surface area contributed by atoms with Gasteiger partial charge in [-0.15, -0.1) is 0 Å². The minimum atomic E-state index is -0.705. The van der Waals surface area contributed by atoms with Crippen molar-refractivity contribution >= 4 is 11.8 Å². The molecular weight excluding hydrogens is 168 g/mol. The summed E-state index contributed by atoms with van der Waals surface area (Å²) in [7, 11) is 0. The Labute approximate surface area is 77.4 Å². The van der Waals surface area contributed by atoms with E-state index in [0.29, 0.717) is 25.2 Å². The highest BCUT2D eigenvalue weighted by Crippen LogP contribution is 2.39. The molecule has 3 heteroatoms. The lowest BCUT2D eigenvalue weighted by atomic mass is 9.77. The van der Waals surface area contributed by atoms with Crippen LogP contribution in [0.4, 0.5) is 0 Å². The average molecular weight is 182 g/mol. The zero-order valence-corrected chi connectivity index (χ0v) is 7.84. The molecule has 1 heterocycles. The molecule has 1 saturated carbocycles. The molecule has 1 spiro atoms. The van der Waals surface area contributed by atoms with E-state index in [4.69, 9.17) is 4.74 Å². The van der Waals surface area contributed by atoms with Crippen molar-refractivity contribution in [2.24, 2.45) is 5.92 Å². The standard InChI is InChI=1S/C10H14O3/c1-7-2-4-10(8(11)6-7)5-3-9(12)13-10/h7H,2-6H2,1H3/t7?,10-/m1/s1. The van der Waals surface area contributed by atoms with Gasteiger partial charge in [0.05, 0.1) is 0 Å². The largest absolute Gasteiger partial charge is 0.451 e. The number of esters is 1. The summed E-state index contributed by atoms with van der Waals surface area (Å²) in [4.78, 5) is 22.7. The highest BCUT2D eigenvalue weighted by atomic mass is 16.6. The summed E-state index contributed by atoms with van der Waals surface area (Å²) in [6.07, 6.45) is 3.34. The molecule has 1 aliphatic heterocycles. The van der Waals surface area contributed by atoms with Crippen molar-refractivity contribution in [3.63, 3.8) is 0 Å². The van der Waals surface area contributed by atoms with Crippen molar-refractivity contribution < 1.29 is 14.3 Å². The fourth-order valence-electron chi connectivity index (χ4n) is 2.22. The van der Waals surface area contributed by atoms with Gasteiger partial charge in [0.1, 0.15) is 0 Å². The summed E-state index contributed by atoms with van der Waals surface area (Å²) in [5.41, 5.74) is -0.705. The van der Waals surface area contributed by atoms with Gasteiger partial charge in [-0.05, 0) is 18.8 Å². The first-order valence-corrected chi connectivity index (χ1v) is 4.87. The lowest BCUT2D eigenvalue weighted by molar-refractivity contribution is -0.161. The fourth-order valence-corrected chi connectivity index (χ4v) is 2.22. The van der Waals surface area contributed by atoms with Crippen LogP contribution in [-0.4, -0.2) is 17.4 Å². The van der Waals surface area contributed by atoms with Crippen LogP contribution in [-0.2, 0) is 14.3 Å². The zero-order valence-electron chi connectivity index (χ0n) is 7.84. The van der Waals surface area contributed by atoms with Gasteiger partial charge in [-0.25, -0.2) is 0 Å². The molecule has 2 aliphatic rings. The van der Waals surface area contributed by atoms with Crippen LogP contribution in [0.5, 0.6) is 0 Å². The van der Waals surface area contributed by atoms with E-state index >= 15 is 0 Å². The predicted octanol–water partition coefficient (Wildman–Crippen LogP) is 1.45. The summed E-state index contributed by atoms with van der Waals surface area (Å²) < 4.78 is 5.16. The second kappa shape index (κ2) is 2.82. The summed E-state index contributed by atoms with van der Waals surface area (Å²) in [5.74, 6) is 0.387. The van der Waals surface area contributed by atoms with Gasteiger partial charge in [0.2, 0.25) is 0 Å². The predicted molar refractivity (Wildman–Crippen MR) is 46.1 cm³/mol. The van der Waals surface area contributed by atoms with E-state index in [9.17, 15) is 9.59 Å². The number of carbonyl (C=O) groups is 2.